The Hall–Kier alpha value is -3.30. The van der Waals surface area contributed by atoms with E-state index in [-0.39, 0.29) is 17.5 Å². The molecular weight excluding hydrogens is 512 g/mol. The largest absolute Gasteiger partial charge is 0.354 e. The second kappa shape index (κ2) is 11.2. The van der Waals surface area contributed by atoms with E-state index >= 15 is 0 Å². The Labute approximate surface area is 225 Å². The van der Waals surface area contributed by atoms with E-state index in [1.807, 2.05) is 34.1 Å². The number of hydrogen-bond acceptors (Lipinski definition) is 5. The van der Waals surface area contributed by atoms with Crippen LogP contribution in [0.15, 0.2) is 59.4 Å². The molecule has 1 N–H and O–H groups in total. The van der Waals surface area contributed by atoms with Gasteiger partial charge >= 0.3 is 0 Å². The first-order valence-electron chi connectivity index (χ1n) is 12.8. The van der Waals surface area contributed by atoms with E-state index in [2.05, 4.69) is 10.4 Å². The molecule has 3 heterocycles. The highest BCUT2D eigenvalue weighted by molar-refractivity contribution is 6.30. The van der Waals surface area contributed by atoms with Crippen LogP contribution in [-0.4, -0.2) is 53.3 Å². The van der Waals surface area contributed by atoms with Crippen LogP contribution in [0.25, 0.3) is 0 Å². The zero-order valence-corrected chi connectivity index (χ0v) is 21.9. The van der Waals surface area contributed by atoms with E-state index in [1.54, 1.807) is 13.1 Å². The SMILES string of the molecule is Cn1nc(N2C[C@@H](C(=O)N3CCC[C@@H](c4ccc(Cl)cc4)NCC3)[C@H](c3ccc(F)cc3F)C2)ccc1=O. The van der Waals surface area contributed by atoms with E-state index in [0.29, 0.717) is 49.1 Å². The van der Waals surface area contributed by atoms with Gasteiger partial charge in [0.1, 0.15) is 17.5 Å². The molecule has 2 fully saturated rings. The summed E-state index contributed by atoms with van der Waals surface area (Å²) in [6.45, 7) is 2.39. The van der Waals surface area contributed by atoms with Crippen molar-refractivity contribution in [2.75, 3.05) is 37.6 Å². The number of amides is 1. The van der Waals surface area contributed by atoms with E-state index in [0.717, 1.165) is 24.5 Å². The molecule has 2 aliphatic heterocycles. The Morgan fingerprint density at radius 2 is 1.84 bits per heavy atom. The number of hydrogen-bond donors (Lipinski definition) is 1. The van der Waals surface area contributed by atoms with Gasteiger partial charge in [-0.2, -0.15) is 5.10 Å². The molecule has 2 saturated heterocycles. The molecule has 0 bridgehead atoms. The maximum absolute atomic E-state index is 14.9. The lowest BCUT2D eigenvalue weighted by Crippen LogP contribution is -2.45. The zero-order valence-electron chi connectivity index (χ0n) is 21.1. The fraction of sp³-hybridized carbons (Fsp3) is 0.393. The molecule has 10 heteroatoms. The molecule has 1 aromatic heterocycles. The van der Waals surface area contributed by atoms with Gasteiger partial charge in [0, 0.05) is 68.9 Å². The van der Waals surface area contributed by atoms with Crippen LogP contribution in [0, 0.1) is 17.6 Å². The topological polar surface area (TPSA) is 70.5 Å². The molecule has 0 aliphatic carbocycles. The smallest absolute Gasteiger partial charge is 0.266 e. The van der Waals surface area contributed by atoms with Crippen molar-refractivity contribution in [2.45, 2.75) is 24.8 Å². The standard InChI is InChI=1S/C28H30ClF2N5O2/c1-34-27(37)11-10-26(33-34)36-16-22(21-9-8-20(30)15-24(21)31)23(17-36)28(38)35-13-2-3-25(32-12-14-35)18-4-6-19(29)7-5-18/h4-11,15,22-23,25,32H,2-3,12-14,16-17H2,1H3/t22-,23+,25-/m0/s1. The fourth-order valence-corrected chi connectivity index (χ4v) is 5.65. The van der Waals surface area contributed by atoms with Crippen molar-refractivity contribution in [1.29, 1.82) is 0 Å². The van der Waals surface area contributed by atoms with Crippen molar-refractivity contribution in [1.82, 2.24) is 20.0 Å². The molecule has 7 nitrogen and oxygen atoms in total. The van der Waals surface area contributed by atoms with Crippen LogP contribution in [-0.2, 0) is 11.8 Å². The van der Waals surface area contributed by atoms with Gasteiger partial charge in [-0.1, -0.05) is 29.8 Å². The summed E-state index contributed by atoms with van der Waals surface area (Å²) in [5, 5.41) is 8.57. The Kier molecular flexibility index (Phi) is 7.76. The van der Waals surface area contributed by atoms with Gasteiger partial charge < -0.3 is 15.1 Å². The molecule has 0 saturated carbocycles. The van der Waals surface area contributed by atoms with Crippen molar-refractivity contribution in [3.63, 3.8) is 0 Å². The lowest BCUT2D eigenvalue weighted by molar-refractivity contribution is -0.135. The van der Waals surface area contributed by atoms with Gasteiger partial charge in [0.15, 0.2) is 0 Å². The molecular formula is C28H30ClF2N5O2. The average Bonchev–Trinajstić information content (AvgIpc) is 3.31. The first kappa shape index (κ1) is 26.3. The number of halogens is 3. The van der Waals surface area contributed by atoms with Gasteiger partial charge in [0.2, 0.25) is 5.91 Å². The predicted octanol–water partition coefficient (Wildman–Crippen LogP) is 3.89. The molecule has 3 atom stereocenters. The minimum absolute atomic E-state index is 0.0576. The molecule has 0 unspecified atom stereocenters. The third-order valence-corrected chi connectivity index (χ3v) is 7.80. The van der Waals surface area contributed by atoms with Crippen molar-refractivity contribution in [3.05, 3.63) is 92.7 Å². The van der Waals surface area contributed by atoms with Gasteiger partial charge in [-0.05, 0) is 48.2 Å². The highest BCUT2D eigenvalue weighted by Gasteiger charge is 2.42. The normalized spacial score (nSPS) is 22.3. The van der Waals surface area contributed by atoms with E-state index in [4.69, 9.17) is 11.6 Å². The first-order valence-corrected chi connectivity index (χ1v) is 13.2. The van der Waals surface area contributed by atoms with Crippen molar-refractivity contribution in [2.24, 2.45) is 13.0 Å². The Balaban J connectivity index is 1.35. The molecule has 3 aromatic rings. The number of benzene rings is 2. The molecule has 200 valence electrons. The molecule has 2 aromatic carbocycles. The summed E-state index contributed by atoms with van der Waals surface area (Å²) < 4.78 is 29.8. The predicted molar refractivity (Wildman–Crippen MR) is 142 cm³/mol. The first-order chi connectivity index (χ1) is 18.3. The van der Waals surface area contributed by atoms with Gasteiger partial charge in [0.25, 0.3) is 5.56 Å². The minimum Gasteiger partial charge on any atom is -0.354 e. The number of rotatable bonds is 4. The average molecular weight is 542 g/mol. The van der Waals surface area contributed by atoms with Crippen LogP contribution in [0.3, 0.4) is 0 Å². The van der Waals surface area contributed by atoms with Crippen molar-refractivity contribution in [3.8, 4) is 0 Å². The number of aromatic nitrogens is 2. The molecule has 5 rings (SSSR count). The van der Waals surface area contributed by atoms with Crippen LogP contribution < -0.4 is 15.8 Å². The fourth-order valence-electron chi connectivity index (χ4n) is 5.53. The van der Waals surface area contributed by atoms with E-state index in [9.17, 15) is 18.4 Å². The maximum Gasteiger partial charge on any atom is 0.266 e. The summed E-state index contributed by atoms with van der Waals surface area (Å²) in [6.07, 6.45) is 1.67. The van der Waals surface area contributed by atoms with Crippen molar-refractivity contribution >= 4 is 23.3 Å². The third kappa shape index (κ3) is 5.59. The number of nitrogens with one attached hydrogen (secondary N) is 1. The van der Waals surface area contributed by atoms with E-state index < -0.39 is 23.5 Å². The third-order valence-electron chi connectivity index (χ3n) is 7.55. The summed E-state index contributed by atoms with van der Waals surface area (Å²) in [6, 6.07) is 14.5. The van der Waals surface area contributed by atoms with Crippen LogP contribution >= 0.6 is 11.6 Å². The molecule has 2 aliphatic rings. The van der Waals surface area contributed by atoms with Crippen LogP contribution in [0.4, 0.5) is 14.6 Å². The second-order valence-electron chi connectivity index (χ2n) is 9.96. The maximum atomic E-state index is 14.9. The van der Waals surface area contributed by atoms with Gasteiger partial charge in [-0.3, -0.25) is 9.59 Å². The van der Waals surface area contributed by atoms with Gasteiger partial charge in [0.05, 0.1) is 5.92 Å². The lowest BCUT2D eigenvalue weighted by Gasteiger charge is -2.32. The number of anilines is 1. The van der Waals surface area contributed by atoms with Gasteiger partial charge in [-0.25, -0.2) is 13.5 Å². The van der Waals surface area contributed by atoms with Gasteiger partial charge in [-0.15, -0.1) is 0 Å². The number of nitrogens with zero attached hydrogens (tertiary/aromatic N) is 4. The Morgan fingerprint density at radius 3 is 2.58 bits per heavy atom. The summed E-state index contributed by atoms with van der Waals surface area (Å²) in [5.74, 6) is -1.87. The minimum atomic E-state index is -0.664. The summed E-state index contributed by atoms with van der Waals surface area (Å²) >= 11 is 6.03. The number of aryl methyl sites for hydroxylation is 1. The highest BCUT2D eigenvalue weighted by Crippen LogP contribution is 2.37. The molecule has 0 spiro atoms. The highest BCUT2D eigenvalue weighted by atomic mass is 35.5. The summed E-state index contributed by atoms with van der Waals surface area (Å²) in [4.78, 5) is 29.5. The number of carbonyl (C=O) groups excluding carboxylic acids is 1. The quantitative estimate of drug-likeness (QED) is 0.543. The van der Waals surface area contributed by atoms with Crippen LogP contribution in [0.2, 0.25) is 5.02 Å². The van der Waals surface area contributed by atoms with E-state index in [1.165, 1.54) is 22.9 Å². The van der Waals surface area contributed by atoms with Crippen LogP contribution in [0.1, 0.15) is 35.9 Å². The van der Waals surface area contributed by atoms with Crippen LogP contribution in [0.5, 0.6) is 0 Å². The monoisotopic (exact) mass is 541 g/mol. The Bertz CT molecular complexity index is 1360. The summed E-state index contributed by atoms with van der Waals surface area (Å²) in [7, 11) is 1.56. The molecule has 38 heavy (non-hydrogen) atoms. The Morgan fingerprint density at radius 1 is 1.05 bits per heavy atom. The zero-order chi connectivity index (χ0) is 26.8. The number of carbonyl (C=O) groups is 1. The lowest BCUT2D eigenvalue weighted by atomic mass is 9.87. The molecule has 0 radical (unpaired) electrons. The van der Waals surface area contributed by atoms with Crippen molar-refractivity contribution < 1.29 is 13.6 Å². The molecule has 1 amide bonds. The summed E-state index contributed by atoms with van der Waals surface area (Å²) in [5.41, 5.74) is 1.23. The second-order valence-corrected chi connectivity index (χ2v) is 10.4.